The second-order valence-corrected chi connectivity index (χ2v) is 8.64. The van der Waals surface area contributed by atoms with Crippen molar-refractivity contribution < 1.29 is 9.53 Å². The van der Waals surface area contributed by atoms with Gasteiger partial charge in [0.05, 0.1) is 0 Å². The van der Waals surface area contributed by atoms with Crippen LogP contribution in [0.5, 0.6) is 0 Å². The number of nitrogens with one attached hydrogen (secondary N) is 1. The number of ether oxygens (including phenoxy) is 1. The smallest absolute Gasteiger partial charge is 0.410 e. The van der Waals surface area contributed by atoms with E-state index < -0.39 is 5.60 Å². The van der Waals surface area contributed by atoms with Crippen LogP contribution in [0.25, 0.3) is 0 Å². The van der Waals surface area contributed by atoms with Gasteiger partial charge in [0.25, 0.3) is 0 Å². The van der Waals surface area contributed by atoms with Gasteiger partial charge in [-0.25, -0.2) is 4.79 Å². The van der Waals surface area contributed by atoms with Crippen LogP contribution < -0.4 is 5.32 Å². The predicted molar refractivity (Wildman–Crippen MR) is 88.9 cm³/mol. The van der Waals surface area contributed by atoms with Gasteiger partial charge in [0.2, 0.25) is 0 Å². The standard InChI is InChI=1S/C16H30N2O2S/c1-16(2,3)20-15(19)18-8-4-6-13(12-18)10-17-11-14-7-5-9-21-14/h13-14,17H,4-12H2,1-3H3. The molecule has 2 aliphatic heterocycles. The van der Waals surface area contributed by atoms with Crippen LogP contribution in [0.4, 0.5) is 4.79 Å². The lowest BCUT2D eigenvalue weighted by Gasteiger charge is -2.34. The molecular weight excluding hydrogens is 284 g/mol. The van der Waals surface area contributed by atoms with Crippen molar-refractivity contribution in [2.45, 2.75) is 57.3 Å². The Labute approximate surface area is 133 Å². The molecule has 0 bridgehead atoms. The maximum Gasteiger partial charge on any atom is 0.410 e. The largest absolute Gasteiger partial charge is 0.444 e. The molecule has 0 aromatic carbocycles. The Kier molecular flexibility index (Phi) is 6.23. The molecular formula is C16H30N2O2S. The highest BCUT2D eigenvalue weighted by atomic mass is 32.2. The Bertz CT molecular complexity index is 338. The van der Waals surface area contributed by atoms with E-state index in [0.29, 0.717) is 5.92 Å². The van der Waals surface area contributed by atoms with Crippen molar-refractivity contribution in [3.05, 3.63) is 0 Å². The van der Waals surface area contributed by atoms with Crippen LogP contribution in [0, 0.1) is 5.92 Å². The van der Waals surface area contributed by atoms with E-state index in [-0.39, 0.29) is 6.09 Å². The van der Waals surface area contributed by atoms with E-state index in [0.717, 1.165) is 37.8 Å². The van der Waals surface area contributed by atoms with Gasteiger partial charge in [0.1, 0.15) is 5.60 Å². The number of hydrogen-bond acceptors (Lipinski definition) is 4. The van der Waals surface area contributed by atoms with Gasteiger partial charge in [-0.1, -0.05) is 0 Å². The summed E-state index contributed by atoms with van der Waals surface area (Å²) < 4.78 is 5.47. The summed E-state index contributed by atoms with van der Waals surface area (Å²) >= 11 is 2.09. The van der Waals surface area contributed by atoms with E-state index in [2.05, 4.69) is 17.1 Å². The summed E-state index contributed by atoms with van der Waals surface area (Å²) in [5.74, 6) is 1.89. The van der Waals surface area contributed by atoms with Crippen molar-refractivity contribution in [2.24, 2.45) is 5.92 Å². The minimum atomic E-state index is -0.401. The van der Waals surface area contributed by atoms with Gasteiger partial charge in [-0.15, -0.1) is 0 Å². The highest BCUT2D eigenvalue weighted by molar-refractivity contribution is 8.00. The summed E-state index contributed by atoms with van der Waals surface area (Å²) in [5, 5.41) is 4.41. The molecule has 2 aliphatic rings. The molecule has 4 nitrogen and oxygen atoms in total. The second kappa shape index (κ2) is 7.73. The van der Waals surface area contributed by atoms with E-state index >= 15 is 0 Å². The number of piperidine rings is 1. The van der Waals surface area contributed by atoms with Crippen molar-refractivity contribution in [3.8, 4) is 0 Å². The molecule has 21 heavy (non-hydrogen) atoms. The number of carbonyl (C=O) groups is 1. The fourth-order valence-electron chi connectivity index (χ4n) is 2.98. The molecule has 0 aromatic heterocycles. The number of hydrogen-bond donors (Lipinski definition) is 1. The number of carbonyl (C=O) groups excluding carboxylic acids is 1. The number of likely N-dealkylation sites (tertiary alicyclic amines) is 1. The first-order valence-electron chi connectivity index (χ1n) is 8.24. The summed E-state index contributed by atoms with van der Waals surface area (Å²) in [6, 6.07) is 0. The maximum atomic E-state index is 12.1. The third-order valence-corrected chi connectivity index (χ3v) is 5.40. The molecule has 2 fully saturated rings. The molecule has 0 aromatic rings. The second-order valence-electron chi connectivity index (χ2n) is 7.23. The fraction of sp³-hybridized carbons (Fsp3) is 0.938. The van der Waals surface area contributed by atoms with Crippen LogP contribution in [0.2, 0.25) is 0 Å². The first-order valence-corrected chi connectivity index (χ1v) is 9.29. The number of rotatable bonds is 4. The molecule has 1 amide bonds. The molecule has 1 N–H and O–H groups in total. The molecule has 2 saturated heterocycles. The van der Waals surface area contributed by atoms with E-state index in [1.54, 1.807) is 0 Å². The summed E-state index contributed by atoms with van der Waals surface area (Å²) in [4.78, 5) is 14.0. The van der Waals surface area contributed by atoms with Crippen molar-refractivity contribution in [2.75, 3.05) is 31.9 Å². The highest BCUT2D eigenvalue weighted by Crippen LogP contribution is 2.25. The lowest BCUT2D eigenvalue weighted by atomic mass is 9.98. The van der Waals surface area contributed by atoms with E-state index in [1.165, 1.54) is 25.0 Å². The zero-order chi connectivity index (χ0) is 15.3. The molecule has 0 spiro atoms. The van der Waals surface area contributed by atoms with Crippen molar-refractivity contribution >= 4 is 17.9 Å². The third kappa shape index (κ3) is 6.07. The van der Waals surface area contributed by atoms with Gasteiger partial charge < -0.3 is 15.0 Å². The summed E-state index contributed by atoms with van der Waals surface area (Å²) in [6.45, 7) is 9.58. The van der Waals surface area contributed by atoms with Crippen LogP contribution in [0.15, 0.2) is 0 Å². The highest BCUT2D eigenvalue weighted by Gasteiger charge is 2.27. The van der Waals surface area contributed by atoms with Gasteiger partial charge in [0.15, 0.2) is 0 Å². The zero-order valence-electron chi connectivity index (χ0n) is 13.7. The minimum Gasteiger partial charge on any atom is -0.444 e. The number of amides is 1. The van der Waals surface area contributed by atoms with Gasteiger partial charge in [-0.2, -0.15) is 11.8 Å². The summed E-state index contributed by atoms with van der Waals surface area (Å²) in [5.41, 5.74) is -0.401. The van der Waals surface area contributed by atoms with Gasteiger partial charge >= 0.3 is 6.09 Å². The maximum absolute atomic E-state index is 12.1. The summed E-state index contributed by atoms with van der Waals surface area (Å²) in [7, 11) is 0. The minimum absolute atomic E-state index is 0.154. The predicted octanol–water partition coefficient (Wildman–Crippen LogP) is 3.12. The van der Waals surface area contributed by atoms with E-state index in [9.17, 15) is 4.79 Å². The Morgan fingerprint density at radius 3 is 2.76 bits per heavy atom. The first kappa shape index (κ1) is 16.9. The van der Waals surface area contributed by atoms with Crippen LogP contribution in [0.3, 0.4) is 0 Å². The molecule has 2 unspecified atom stereocenters. The topological polar surface area (TPSA) is 41.6 Å². The van der Waals surface area contributed by atoms with Gasteiger partial charge in [0, 0.05) is 24.9 Å². The van der Waals surface area contributed by atoms with Crippen LogP contribution in [-0.4, -0.2) is 53.8 Å². The monoisotopic (exact) mass is 314 g/mol. The Balaban J connectivity index is 1.68. The fourth-order valence-corrected chi connectivity index (χ4v) is 4.21. The molecule has 0 saturated carbocycles. The molecule has 0 radical (unpaired) electrons. The molecule has 0 aliphatic carbocycles. The molecule has 2 atom stereocenters. The van der Waals surface area contributed by atoms with Gasteiger partial charge in [-0.05, 0) is 64.7 Å². The normalized spacial score (nSPS) is 26.9. The van der Waals surface area contributed by atoms with Crippen molar-refractivity contribution in [1.29, 1.82) is 0 Å². The van der Waals surface area contributed by atoms with E-state index in [4.69, 9.17) is 4.74 Å². The average molecular weight is 314 g/mol. The first-order chi connectivity index (χ1) is 9.94. The molecule has 122 valence electrons. The van der Waals surface area contributed by atoms with Crippen molar-refractivity contribution in [3.63, 3.8) is 0 Å². The Morgan fingerprint density at radius 1 is 1.29 bits per heavy atom. The van der Waals surface area contributed by atoms with Crippen LogP contribution in [-0.2, 0) is 4.74 Å². The molecule has 2 heterocycles. The molecule has 2 rings (SSSR count). The lowest BCUT2D eigenvalue weighted by Crippen LogP contribution is -2.45. The van der Waals surface area contributed by atoms with Crippen molar-refractivity contribution in [1.82, 2.24) is 10.2 Å². The SMILES string of the molecule is CC(C)(C)OC(=O)N1CCCC(CNCC2CCCS2)C1. The van der Waals surface area contributed by atoms with E-state index in [1.807, 2.05) is 25.7 Å². The lowest BCUT2D eigenvalue weighted by molar-refractivity contribution is 0.0166. The molecule has 5 heteroatoms. The third-order valence-electron chi connectivity index (χ3n) is 4.00. The Hall–Kier alpha value is -0.420. The van der Waals surface area contributed by atoms with Gasteiger partial charge in [-0.3, -0.25) is 0 Å². The average Bonchev–Trinajstić information content (AvgIpc) is 2.90. The number of thioether (sulfide) groups is 1. The zero-order valence-corrected chi connectivity index (χ0v) is 14.5. The quantitative estimate of drug-likeness (QED) is 0.865. The number of nitrogens with zero attached hydrogens (tertiary/aromatic N) is 1. The van der Waals surface area contributed by atoms with Crippen LogP contribution >= 0.6 is 11.8 Å². The summed E-state index contributed by atoms with van der Waals surface area (Å²) in [6.07, 6.45) is 4.87. The Morgan fingerprint density at radius 2 is 2.10 bits per heavy atom. The van der Waals surface area contributed by atoms with Crippen LogP contribution in [0.1, 0.15) is 46.5 Å².